The lowest BCUT2D eigenvalue weighted by atomic mass is 10.2. The Kier molecular flexibility index (Phi) is 5.65. The van der Waals surface area contributed by atoms with Crippen molar-refractivity contribution in [3.63, 3.8) is 0 Å². The third-order valence-corrected chi connectivity index (χ3v) is 5.52. The van der Waals surface area contributed by atoms with Crippen molar-refractivity contribution in [2.45, 2.75) is 6.10 Å². The Morgan fingerprint density at radius 3 is 2.94 bits per heavy atom. The van der Waals surface area contributed by atoms with Crippen molar-refractivity contribution in [3.8, 4) is 23.4 Å². The molecule has 2 aromatic heterocycles. The van der Waals surface area contributed by atoms with Crippen LogP contribution in [0.25, 0.3) is 0 Å². The Hall–Kier alpha value is -4.30. The van der Waals surface area contributed by atoms with Gasteiger partial charge in [-0.15, -0.1) is 0 Å². The monoisotopic (exact) mass is 462 g/mol. The molecule has 0 bridgehead atoms. The third-order valence-electron chi connectivity index (χ3n) is 5.52. The van der Waals surface area contributed by atoms with Crippen LogP contribution in [0, 0.1) is 11.3 Å². The minimum absolute atomic E-state index is 0.247. The molecule has 0 saturated carbocycles. The molecular weight excluding hydrogens is 440 g/mol. The van der Waals surface area contributed by atoms with Crippen LogP contribution in [0.5, 0.6) is 17.4 Å². The second-order valence-corrected chi connectivity index (χ2v) is 7.80. The molecule has 1 saturated heterocycles. The predicted octanol–water partition coefficient (Wildman–Crippen LogP) is 2.06. The second kappa shape index (κ2) is 8.92. The molecular formula is C23H22N6O5. The lowest BCUT2D eigenvalue weighted by Crippen LogP contribution is -2.30. The Bertz CT molecular complexity index is 1270. The molecule has 3 aromatic rings. The molecule has 1 atom stereocenters. The van der Waals surface area contributed by atoms with Crippen molar-refractivity contribution < 1.29 is 23.8 Å². The number of methoxy groups -OCH3 is 1. The Morgan fingerprint density at radius 2 is 2.18 bits per heavy atom. The van der Waals surface area contributed by atoms with Gasteiger partial charge in [0.05, 0.1) is 49.5 Å². The van der Waals surface area contributed by atoms with Gasteiger partial charge in [0.1, 0.15) is 42.4 Å². The molecule has 0 aliphatic carbocycles. The average molecular weight is 462 g/mol. The minimum atomic E-state index is -0.329. The van der Waals surface area contributed by atoms with Gasteiger partial charge in [-0.05, 0) is 18.2 Å². The van der Waals surface area contributed by atoms with E-state index in [1.54, 1.807) is 30.2 Å². The summed E-state index contributed by atoms with van der Waals surface area (Å²) in [5.74, 6) is 1.33. The number of nitriles is 1. The molecule has 11 heteroatoms. The number of hydrogen-bond acceptors (Lipinski definition) is 9. The molecule has 1 aromatic carbocycles. The van der Waals surface area contributed by atoms with Gasteiger partial charge >= 0.3 is 0 Å². The van der Waals surface area contributed by atoms with Crippen LogP contribution in [0.4, 0.5) is 11.4 Å². The fourth-order valence-corrected chi connectivity index (χ4v) is 3.91. The van der Waals surface area contributed by atoms with Gasteiger partial charge in [-0.1, -0.05) is 0 Å². The fourth-order valence-electron chi connectivity index (χ4n) is 3.91. The number of ether oxygens (including phenoxy) is 3. The SMILES string of the molecule is COc1ncc(N2CCOc3ccc(O[C@H]4CON(C(=O)c5cnn(C)c5)C4)cc32)cc1C#N. The van der Waals surface area contributed by atoms with Gasteiger partial charge in [0.15, 0.2) is 0 Å². The summed E-state index contributed by atoms with van der Waals surface area (Å²) in [7, 11) is 3.23. The van der Waals surface area contributed by atoms with Crippen molar-refractivity contribution in [1.29, 1.82) is 5.26 Å². The summed E-state index contributed by atoms with van der Waals surface area (Å²) >= 11 is 0. The lowest BCUT2D eigenvalue weighted by Gasteiger charge is -2.31. The Morgan fingerprint density at radius 1 is 1.29 bits per heavy atom. The summed E-state index contributed by atoms with van der Waals surface area (Å²) in [4.78, 5) is 24.4. The highest BCUT2D eigenvalue weighted by atomic mass is 16.7. The normalized spacial score (nSPS) is 17.0. The molecule has 11 nitrogen and oxygen atoms in total. The Balaban J connectivity index is 1.33. The maximum absolute atomic E-state index is 12.6. The molecule has 0 radical (unpaired) electrons. The van der Waals surface area contributed by atoms with E-state index in [-0.39, 0.29) is 24.5 Å². The number of pyridine rings is 1. The van der Waals surface area contributed by atoms with E-state index in [1.807, 2.05) is 23.1 Å². The van der Waals surface area contributed by atoms with Crippen LogP contribution in [-0.4, -0.2) is 65.3 Å². The fraction of sp³-hybridized carbons (Fsp3) is 0.304. The second-order valence-electron chi connectivity index (χ2n) is 7.80. The average Bonchev–Trinajstić information content (AvgIpc) is 3.52. The van der Waals surface area contributed by atoms with Crippen molar-refractivity contribution in [2.75, 3.05) is 38.3 Å². The summed E-state index contributed by atoms with van der Waals surface area (Å²) < 4.78 is 18.6. The van der Waals surface area contributed by atoms with Crippen LogP contribution >= 0.6 is 0 Å². The number of carbonyl (C=O) groups is 1. The number of fused-ring (bicyclic) bond motifs is 1. The van der Waals surface area contributed by atoms with Crippen LogP contribution in [0.15, 0.2) is 42.9 Å². The maximum Gasteiger partial charge on any atom is 0.280 e. The van der Waals surface area contributed by atoms with E-state index in [2.05, 4.69) is 16.2 Å². The first kappa shape index (κ1) is 21.5. The van der Waals surface area contributed by atoms with E-state index >= 15 is 0 Å². The van der Waals surface area contributed by atoms with Crippen molar-refractivity contribution >= 4 is 17.3 Å². The molecule has 0 spiro atoms. The van der Waals surface area contributed by atoms with Crippen LogP contribution in [0.3, 0.4) is 0 Å². The van der Waals surface area contributed by atoms with E-state index in [1.165, 1.54) is 18.4 Å². The van der Waals surface area contributed by atoms with Crippen LogP contribution < -0.4 is 19.1 Å². The predicted molar refractivity (Wildman–Crippen MR) is 119 cm³/mol. The number of amides is 1. The van der Waals surface area contributed by atoms with E-state index < -0.39 is 0 Å². The van der Waals surface area contributed by atoms with Gasteiger partial charge in [0, 0.05) is 19.3 Å². The third kappa shape index (κ3) is 4.06. The standard InChI is InChI=1S/C23H22N6O5/c1-27-12-16(10-26-27)23(30)29-13-19(14-33-29)34-18-3-4-21-20(8-18)28(5-6-32-21)17-7-15(9-24)22(31-2)25-11-17/h3-4,7-8,10-12,19H,5-6,13-14H2,1-2H3/t19-/m1/s1. The highest BCUT2D eigenvalue weighted by Crippen LogP contribution is 2.40. The molecule has 5 rings (SSSR count). The van der Waals surface area contributed by atoms with Crippen LogP contribution in [-0.2, 0) is 11.9 Å². The van der Waals surface area contributed by atoms with Gasteiger partial charge in [-0.3, -0.25) is 14.3 Å². The number of aromatic nitrogens is 3. The number of hydroxylamine groups is 2. The van der Waals surface area contributed by atoms with Gasteiger partial charge < -0.3 is 19.1 Å². The van der Waals surface area contributed by atoms with Gasteiger partial charge in [0.2, 0.25) is 5.88 Å². The molecule has 1 amide bonds. The lowest BCUT2D eigenvalue weighted by molar-refractivity contribution is -0.0777. The maximum atomic E-state index is 12.6. The first-order chi connectivity index (χ1) is 16.6. The number of anilines is 2. The van der Waals surface area contributed by atoms with E-state index in [9.17, 15) is 10.1 Å². The summed E-state index contributed by atoms with van der Waals surface area (Å²) in [5, 5.41) is 14.7. The molecule has 34 heavy (non-hydrogen) atoms. The zero-order valence-electron chi connectivity index (χ0n) is 18.7. The number of hydrogen-bond donors (Lipinski definition) is 0. The topological polar surface area (TPSA) is 115 Å². The number of benzene rings is 1. The number of rotatable bonds is 5. The van der Waals surface area contributed by atoms with Crippen LogP contribution in [0.1, 0.15) is 15.9 Å². The van der Waals surface area contributed by atoms with E-state index in [0.29, 0.717) is 42.3 Å². The molecule has 2 aliphatic rings. The summed E-state index contributed by atoms with van der Waals surface area (Å²) in [5.41, 5.74) is 2.34. The van der Waals surface area contributed by atoms with Gasteiger partial charge in [0.25, 0.3) is 5.91 Å². The highest BCUT2D eigenvalue weighted by Gasteiger charge is 2.31. The smallest absolute Gasteiger partial charge is 0.280 e. The largest absolute Gasteiger partial charge is 0.490 e. The molecule has 2 aliphatic heterocycles. The number of aryl methyl sites for hydroxylation is 1. The zero-order chi connectivity index (χ0) is 23.7. The molecule has 0 N–H and O–H groups in total. The zero-order valence-corrected chi connectivity index (χ0v) is 18.7. The first-order valence-electron chi connectivity index (χ1n) is 10.6. The van der Waals surface area contributed by atoms with Gasteiger partial charge in [-0.2, -0.15) is 10.4 Å². The summed E-state index contributed by atoms with van der Waals surface area (Å²) in [6, 6.07) is 9.38. The highest BCUT2D eigenvalue weighted by molar-refractivity contribution is 5.93. The number of carbonyl (C=O) groups excluding carboxylic acids is 1. The van der Waals surface area contributed by atoms with E-state index in [0.717, 1.165) is 11.4 Å². The minimum Gasteiger partial charge on any atom is -0.490 e. The quantitative estimate of drug-likeness (QED) is 0.562. The number of nitrogens with zero attached hydrogens (tertiary/aromatic N) is 6. The Labute approximate surface area is 195 Å². The van der Waals surface area contributed by atoms with Crippen molar-refractivity contribution in [3.05, 3.63) is 54.0 Å². The van der Waals surface area contributed by atoms with E-state index in [4.69, 9.17) is 19.0 Å². The summed E-state index contributed by atoms with van der Waals surface area (Å²) in [6.45, 7) is 1.61. The molecule has 4 heterocycles. The van der Waals surface area contributed by atoms with Crippen molar-refractivity contribution in [2.24, 2.45) is 7.05 Å². The summed E-state index contributed by atoms with van der Waals surface area (Å²) in [6.07, 6.45) is 4.48. The first-order valence-corrected chi connectivity index (χ1v) is 10.6. The van der Waals surface area contributed by atoms with Gasteiger partial charge in [-0.25, -0.2) is 10.0 Å². The van der Waals surface area contributed by atoms with Crippen LogP contribution in [0.2, 0.25) is 0 Å². The van der Waals surface area contributed by atoms with Crippen molar-refractivity contribution in [1.82, 2.24) is 19.8 Å². The molecule has 174 valence electrons. The molecule has 1 fully saturated rings. The molecule has 0 unspecified atom stereocenters.